The zero-order valence-corrected chi connectivity index (χ0v) is 15.7. The van der Waals surface area contributed by atoms with Crippen molar-refractivity contribution in [3.05, 3.63) is 95.3 Å². The molecule has 0 fully saturated rings. The number of carbonyl (C=O) groups excluding carboxylic acids is 1. The molecule has 0 aliphatic heterocycles. The Morgan fingerprint density at radius 3 is 2.33 bits per heavy atom. The van der Waals surface area contributed by atoms with Crippen LogP contribution >= 0.6 is 11.3 Å². The van der Waals surface area contributed by atoms with Crippen molar-refractivity contribution >= 4 is 22.2 Å². The first-order chi connectivity index (χ1) is 13.3. The molecule has 0 saturated carbocycles. The summed E-state index contributed by atoms with van der Waals surface area (Å²) in [5, 5.41) is 5.04. The van der Waals surface area contributed by atoms with Gasteiger partial charge in [0.25, 0.3) is 0 Å². The number of aromatic nitrogens is 2. The van der Waals surface area contributed by atoms with Crippen molar-refractivity contribution in [1.29, 1.82) is 0 Å². The highest BCUT2D eigenvalue weighted by Gasteiger charge is 2.14. The molecule has 0 aliphatic rings. The first-order valence-corrected chi connectivity index (χ1v) is 9.95. The maximum Gasteiger partial charge on any atom is 0.226 e. The lowest BCUT2D eigenvalue weighted by atomic mass is 9.88. The van der Waals surface area contributed by atoms with E-state index in [1.807, 2.05) is 34.3 Å². The zero-order valence-electron chi connectivity index (χ0n) is 14.9. The summed E-state index contributed by atoms with van der Waals surface area (Å²) in [5.74, 6) is 0.284. The van der Waals surface area contributed by atoms with Gasteiger partial charge in [-0.1, -0.05) is 60.7 Å². The number of carbonyl (C=O) groups is 1. The molecule has 2 heterocycles. The van der Waals surface area contributed by atoms with Crippen molar-refractivity contribution in [2.45, 2.75) is 18.8 Å². The highest BCUT2D eigenvalue weighted by molar-refractivity contribution is 7.15. The molecule has 0 unspecified atom stereocenters. The molecule has 4 aromatic rings. The summed E-state index contributed by atoms with van der Waals surface area (Å²) in [6.45, 7) is 0.634. The molecular weight excluding hydrogens is 354 g/mol. The van der Waals surface area contributed by atoms with Crippen LogP contribution in [0.25, 0.3) is 4.96 Å². The van der Waals surface area contributed by atoms with Crippen LogP contribution in [-0.2, 0) is 11.2 Å². The van der Waals surface area contributed by atoms with Crippen LogP contribution in [0, 0.1) is 0 Å². The van der Waals surface area contributed by atoms with Gasteiger partial charge in [-0.05, 0) is 17.5 Å². The van der Waals surface area contributed by atoms with Crippen molar-refractivity contribution in [1.82, 2.24) is 14.7 Å². The molecule has 27 heavy (non-hydrogen) atoms. The molecule has 0 spiro atoms. The maximum absolute atomic E-state index is 12.3. The van der Waals surface area contributed by atoms with Crippen LogP contribution in [0.2, 0.25) is 0 Å². The quantitative estimate of drug-likeness (QED) is 0.524. The fourth-order valence-corrected chi connectivity index (χ4v) is 4.06. The molecule has 0 atom stereocenters. The lowest BCUT2D eigenvalue weighted by molar-refractivity contribution is -0.120. The van der Waals surface area contributed by atoms with Gasteiger partial charge in [0, 0.05) is 30.2 Å². The molecule has 5 heteroatoms. The monoisotopic (exact) mass is 375 g/mol. The standard InChI is InChI=1S/C22H21N3OS/c26-21(15-19-16-25-13-14-27-22(25)24-19)23-12-11-20(17-7-3-1-4-8-17)18-9-5-2-6-10-18/h1-10,13-14,16,20H,11-12,15H2,(H,23,26). The summed E-state index contributed by atoms with van der Waals surface area (Å²) in [6.07, 6.45) is 5.05. The Labute approximate surface area is 162 Å². The number of nitrogens with zero attached hydrogens (tertiary/aromatic N) is 2. The molecule has 0 bridgehead atoms. The molecule has 1 amide bonds. The number of thiazole rings is 1. The highest BCUT2D eigenvalue weighted by Crippen LogP contribution is 2.27. The van der Waals surface area contributed by atoms with Gasteiger partial charge in [0.05, 0.1) is 12.1 Å². The number of hydrogen-bond acceptors (Lipinski definition) is 3. The van der Waals surface area contributed by atoms with E-state index < -0.39 is 0 Å². The summed E-state index contributed by atoms with van der Waals surface area (Å²) in [5.41, 5.74) is 3.35. The molecule has 0 aliphatic carbocycles. The van der Waals surface area contributed by atoms with E-state index in [2.05, 4.69) is 58.8 Å². The average molecular weight is 375 g/mol. The van der Waals surface area contributed by atoms with Gasteiger partial charge in [-0.25, -0.2) is 4.98 Å². The number of rotatable bonds is 7. The van der Waals surface area contributed by atoms with Gasteiger partial charge in [-0.15, -0.1) is 11.3 Å². The second kappa shape index (κ2) is 8.18. The summed E-state index contributed by atoms with van der Waals surface area (Å²) >= 11 is 1.57. The van der Waals surface area contributed by atoms with Crippen molar-refractivity contribution in [3.8, 4) is 0 Å². The number of fused-ring (bicyclic) bond motifs is 1. The summed E-state index contributed by atoms with van der Waals surface area (Å²) in [7, 11) is 0. The zero-order chi connectivity index (χ0) is 18.5. The molecule has 0 radical (unpaired) electrons. The van der Waals surface area contributed by atoms with Crippen LogP contribution < -0.4 is 5.32 Å². The van der Waals surface area contributed by atoms with Crippen LogP contribution in [0.3, 0.4) is 0 Å². The summed E-state index contributed by atoms with van der Waals surface area (Å²) in [6, 6.07) is 20.9. The van der Waals surface area contributed by atoms with Gasteiger partial charge in [-0.3, -0.25) is 9.20 Å². The van der Waals surface area contributed by atoms with Gasteiger partial charge < -0.3 is 5.32 Å². The number of hydrogen-bond donors (Lipinski definition) is 1. The van der Waals surface area contributed by atoms with Crippen molar-refractivity contribution < 1.29 is 4.79 Å². The SMILES string of the molecule is O=C(Cc1cn2ccsc2n1)NCCC(c1ccccc1)c1ccccc1. The smallest absolute Gasteiger partial charge is 0.226 e. The van der Waals surface area contributed by atoms with Crippen LogP contribution in [-0.4, -0.2) is 21.8 Å². The van der Waals surface area contributed by atoms with Gasteiger partial charge >= 0.3 is 0 Å². The van der Waals surface area contributed by atoms with Crippen LogP contribution in [0.4, 0.5) is 0 Å². The molecular formula is C22H21N3OS. The molecule has 2 aromatic heterocycles. The largest absolute Gasteiger partial charge is 0.356 e. The van der Waals surface area contributed by atoms with Gasteiger partial charge in [-0.2, -0.15) is 0 Å². The second-order valence-corrected chi connectivity index (χ2v) is 7.39. The lowest BCUT2D eigenvalue weighted by Crippen LogP contribution is -2.27. The molecule has 136 valence electrons. The third-order valence-corrected chi connectivity index (χ3v) is 5.41. The second-order valence-electron chi connectivity index (χ2n) is 6.51. The van der Waals surface area contributed by atoms with Gasteiger partial charge in [0.15, 0.2) is 4.96 Å². The van der Waals surface area contributed by atoms with E-state index >= 15 is 0 Å². The van der Waals surface area contributed by atoms with Crippen molar-refractivity contribution in [2.24, 2.45) is 0 Å². The molecule has 2 aromatic carbocycles. The highest BCUT2D eigenvalue weighted by atomic mass is 32.1. The van der Waals surface area contributed by atoms with E-state index in [1.165, 1.54) is 11.1 Å². The molecule has 0 saturated heterocycles. The lowest BCUT2D eigenvalue weighted by Gasteiger charge is -2.18. The normalized spacial score (nSPS) is 11.1. The predicted octanol–water partition coefficient (Wildman–Crippen LogP) is 4.28. The first-order valence-electron chi connectivity index (χ1n) is 9.07. The van der Waals surface area contributed by atoms with E-state index in [-0.39, 0.29) is 11.8 Å². The Kier molecular flexibility index (Phi) is 5.30. The van der Waals surface area contributed by atoms with Gasteiger partial charge in [0.1, 0.15) is 0 Å². The van der Waals surface area contributed by atoms with E-state index in [9.17, 15) is 4.79 Å². The van der Waals surface area contributed by atoms with Crippen LogP contribution in [0.15, 0.2) is 78.4 Å². The minimum absolute atomic E-state index is 0.0145. The third kappa shape index (κ3) is 4.26. The molecule has 4 rings (SSSR count). The minimum atomic E-state index is 0.0145. The van der Waals surface area contributed by atoms with Crippen molar-refractivity contribution in [3.63, 3.8) is 0 Å². The minimum Gasteiger partial charge on any atom is -0.356 e. The Morgan fingerprint density at radius 2 is 1.70 bits per heavy atom. The number of benzene rings is 2. The van der Waals surface area contributed by atoms with E-state index in [0.29, 0.717) is 13.0 Å². The number of nitrogens with one attached hydrogen (secondary N) is 1. The van der Waals surface area contributed by atoms with E-state index in [0.717, 1.165) is 17.1 Å². The Morgan fingerprint density at radius 1 is 1.04 bits per heavy atom. The van der Waals surface area contributed by atoms with Crippen LogP contribution in [0.1, 0.15) is 29.2 Å². The van der Waals surface area contributed by atoms with E-state index in [1.54, 1.807) is 11.3 Å². The van der Waals surface area contributed by atoms with E-state index in [4.69, 9.17) is 0 Å². The Bertz CT molecular complexity index is 940. The van der Waals surface area contributed by atoms with Crippen molar-refractivity contribution in [2.75, 3.05) is 6.54 Å². The Balaban J connectivity index is 1.37. The predicted molar refractivity (Wildman–Crippen MR) is 109 cm³/mol. The Hall–Kier alpha value is -2.92. The fourth-order valence-electron chi connectivity index (χ4n) is 3.34. The summed E-state index contributed by atoms with van der Waals surface area (Å²) in [4.78, 5) is 17.7. The van der Waals surface area contributed by atoms with Gasteiger partial charge in [0.2, 0.25) is 5.91 Å². The topological polar surface area (TPSA) is 46.4 Å². The van der Waals surface area contributed by atoms with Crippen LogP contribution in [0.5, 0.6) is 0 Å². The maximum atomic E-state index is 12.3. The number of imidazole rings is 1. The fraction of sp³-hybridized carbons (Fsp3) is 0.182. The summed E-state index contributed by atoms with van der Waals surface area (Å²) < 4.78 is 1.95. The number of amides is 1. The molecule has 1 N–H and O–H groups in total. The average Bonchev–Trinajstić information content (AvgIpc) is 3.28. The third-order valence-electron chi connectivity index (χ3n) is 4.64. The molecule has 4 nitrogen and oxygen atoms in total. The first kappa shape index (κ1) is 17.5.